The van der Waals surface area contributed by atoms with E-state index in [4.69, 9.17) is 23.8 Å². The lowest BCUT2D eigenvalue weighted by molar-refractivity contribution is -0.144. The molecule has 2 saturated heterocycles. The molecule has 0 aromatic heterocycles. The molecule has 1 spiro atoms. The van der Waals surface area contributed by atoms with Gasteiger partial charge in [0.15, 0.2) is 17.1 Å². The number of Topliss-reactive ketones (excluding diaryl/α,β-unsaturated/α-hetero) is 1. The van der Waals surface area contributed by atoms with Crippen molar-refractivity contribution >= 4 is 35.3 Å². The maximum Gasteiger partial charge on any atom is 0.408 e. The monoisotopic (exact) mass is 697 g/mol. The molecule has 0 radical (unpaired) electrons. The number of hydrogen-bond donors (Lipinski definition) is 3. The fourth-order valence-electron chi connectivity index (χ4n) is 6.70. The van der Waals surface area contributed by atoms with Gasteiger partial charge in [-0.15, -0.1) is 0 Å². The SMILES string of the molecule is CCC[C@H](NC(=O)[C@@H]1C[C@]2(CC(c3ccc4c(c3)OCCO4)=NO2)CN1C(=O)[C@@H](NC(=O)O[C@H]1CCOC1)C(C)(C)C)C(=O)C(=O)NC1CC1. The third-order valence-corrected chi connectivity index (χ3v) is 9.58. The van der Waals surface area contributed by atoms with Gasteiger partial charge in [-0.05, 0) is 42.9 Å². The molecule has 15 heteroatoms. The van der Waals surface area contributed by atoms with Gasteiger partial charge in [0.1, 0.15) is 31.4 Å². The zero-order valence-corrected chi connectivity index (χ0v) is 29.1. The first kappa shape index (κ1) is 35.4. The van der Waals surface area contributed by atoms with Crippen molar-refractivity contribution < 1.29 is 47.8 Å². The van der Waals surface area contributed by atoms with Gasteiger partial charge in [-0.2, -0.15) is 0 Å². The molecule has 1 saturated carbocycles. The van der Waals surface area contributed by atoms with Crippen LogP contribution >= 0.6 is 0 Å². The van der Waals surface area contributed by atoms with Gasteiger partial charge in [0, 0.05) is 30.9 Å². The van der Waals surface area contributed by atoms with Gasteiger partial charge < -0.3 is 44.6 Å². The zero-order valence-electron chi connectivity index (χ0n) is 29.1. The average molecular weight is 698 g/mol. The van der Waals surface area contributed by atoms with Crippen LogP contribution in [0.2, 0.25) is 0 Å². The van der Waals surface area contributed by atoms with Gasteiger partial charge in [0.05, 0.1) is 31.5 Å². The molecule has 1 aromatic rings. The number of carbonyl (C=O) groups is 5. The molecule has 0 bridgehead atoms. The maximum absolute atomic E-state index is 14.5. The van der Waals surface area contributed by atoms with E-state index in [0.717, 1.165) is 18.4 Å². The number of fused-ring (bicyclic) bond motifs is 1. The van der Waals surface area contributed by atoms with E-state index in [9.17, 15) is 24.0 Å². The Hall–Kier alpha value is -4.40. The largest absolute Gasteiger partial charge is 0.486 e. The first-order valence-electron chi connectivity index (χ1n) is 17.5. The second-order valence-electron chi connectivity index (χ2n) is 14.8. The van der Waals surface area contributed by atoms with Crippen LogP contribution in [0.3, 0.4) is 0 Å². The molecule has 3 N–H and O–H groups in total. The number of amides is 4. The van der Waals surface area contributed by atoms with Crippen LogP contribution < -0.4 is 25.4 Å². The molecule has 6 rings (SSSR count). The molecule has 4 heterocycles. The summed E-state index contributed by atoms with van der Waals surface area (Å²) in [6.45, 7) is 8.88. The Morgan fingerprint density at radius 1 is 1.04 bits per heavy atom. The van der Waals surface area contributed by atoms with Crippen molar-refractivity contribution in [1.82, 2.24) is 20.9 Å². The molecule has 5 aliphatic rings. The molecule has 1 aliphatic carbocycles. The lowest BCUT2D eigenvalue weighted by atomic mass is 9.85. The summed E-state index contributed by atoms with van der Waals surface area (Å²) in [5.74, 6) is -1.37. The standard InChI is InChI=1S/C35H47N5O10/c1-5-6-23(28(41)31(43)36-21-8-9-21)37-30(42)25-17-35(16-24(39-50-35)20-7-10-26-27(15-20)48-14-13-47-26)19-40(25)32(44)29(34(2,3)4)38-33(45)49-22-11-12-46-18-22/h7,10,15,21-23,25,29H,5-6,8-9,11-14,16-19H2,1-4H3,(H,36,43)(H,37,42)(H,38,45)/t22-,23-,25-,29+,35+/m0/s1. The highest BCUT2D eigenvalue weighted by molar-refractivity contribution is 6.38. The highest BCUT2D eigenvalue weighted by Gasteiger charge is 2.56. The summed E-state index contributed by atoms with van der Waals surface area (Å²) in [5, 5.41) is 12.6. The number of ketones is 1. The van der Waals surface area contributed by atoms with Gasteiger partial charge in [-0.1, -0.05) is 39.3 Å². The Morgan fingerprint density at radius 2 is 1.80 bits per heavy atom. The van der Waals surface area contributed by atoms with Crippen LogP contribution in [-0.2, 0) is 33.5 Å². The Morgan fingerprint density at radius 3 is 2.48 bits per heavy atom. The summed E-state index contributed by atoms with van der Waals surface area (Å²) < 4.78 is 22.2. The molecule has 4 aliphatic heterocycles. The number of ether oxygens (including phenoxy) is 4. The van der Waals surface area contributed by atoms with Crippen molar-refractivity contribution in [3.63, 3.8) is 0 Å². The van der Waals surface area contributed by atoms with Gasteiger partial charge in [0.25, 0.3) is 5.91 Å². The topological polar surface area (TPSA) is 183 Å². The lowest BCUT2D eigenvalue weighted by Gasteiger charge is -2.35. The molecule has 50 heavy (non-hydrogen) atoms. The second kappa shape index (κ2) is 14.4. The highest BCUT2D eigenvalue weighted by atomic mass is 16.7. The quantitative estimate of drug-likeness (QED) is 0.289. The number of benzene rings is 1. The van der Waals surface area contributed by atoms with Crippen LogP contribution in [0, 0.1) is 5.41 Å². The Kier molecular flexibility index (Phi) is 10.2. The zero-order chi connectivity index (χ0) is 35.6. The summed E-state index contributed by atoms with van der Waals surface area (Å²) in [6, 6.07) is 2.20. The number of oxime groups is 1. The van der Waals surface area contributed by atoms with E-state index in [-0.39, 0.29) is 38.5 Å². The fraction of sp³-hybridized carbons (Fsp3) is 0.657. The van der Waals surface area contributed by atoms with E-state index in [2.05, 4.69) is 21.1 Å². The minimum absolute atomic E-state index is 0.0181. The predicted molar refractivity (Wildman–Crippen MR) is 178 cm³/mol. The van der Waals surface area contributed by atoms with Crippen molar-refractivity contribution in [3.8, 4) is 11.5 Å². The summed E-state index contributed by atoms with van der Waals surface area (Å²) in [4.78, 5) is 75.0. The van der Waals surface area contributed by atoms with Crippen LogP contribution in [0.15, 0.2) is 23.4 Å². The lowest BCUT2D eigenvalue weighted by Crippen LogP contribution is -2.59. The molecule has 3 fully saturated rings. The molecular weight excluding hydrogens is 650 g/mol. The van der Waals surface area contributed by atoms with Crippen molar-refractivity contribution in [3.05, 3.63) is 23.8 Å². The van der Waals surface area contributed by atoms with Crippen molar-refractivity contribution in [2.75, 3.05) is 33.0 Å². The summed E-state index contributed by atoms with van der Waals surface area (Å²) in [5.41, 5.74) is -0.499. The van der Waals surface area contributed by atoms with Crippen molar-refractivity contribution in [1.29, 1.82) is 0 Å². The van der Waals surface area contributed by atoms with E-state index >= 15 is 0 Å². The fourth-order valence-corrected chi connectivity index (χ4v) is 6.70. The second-order valence-corrected chi connectivity index (χ2v) is 14.8. The Balaban J connectivity index is 1.24. The maximum atomic E-state index is 14.5. The third kappa shape index (κ3) is 7.98. The van der Waals surface area contributed by atoms with Crippen LogP contribution in [0.1, 0.15) is 78.2 Å². The number of hydrogen-bond acceptors (Lipinski definition) is 11. The number of alkyl carbamates (subject to hydrolysis) is 1. The van der Waals surface area contributed by atoms with E-state index < -0.39 is 64.8 Å². The molecule has 5 atom stereocenters. The molecule has 1 aromatic carbocycles. The highest BCUT2D eigenvalue weighted by Crippen LogP contribution is 2.41. The van der Waals surface area contributed by atoms with Crippen LogP contribution in [0.5, 0.6) is 11.5 Å². The van der Waals surface area contributed by atoms with E-state index in [0.29, 0.717) is 49.9 Å². The van der Waals surface area contributed by atoms with E-state index in [1.54, 1.807) is 26.8 Å². The third-order valence-electron chi connectivity index (χ3n) is 9.58. The normalized spacial score (nSPS) is 25.3. The number of likely N-dealkylation sites (tertiary alicyclic amines) is 1. The summed E-state index contributed by atoms with van der Waals surface area (Å²) >= 11 is 0. The number of nitrogens with zero attached hydrogens (tertiary/aromatic N) is 2. The Labute approximate surface area is 291 Å². The summed E-state index contributed by atoms with van der Waals surface area (Å²) in [6.07, 6.45) is 2.10. The van der Waals surface area contributed by atoms with Gasteiger partial charge in [0.2, 0.25) is 17.6 Å². The van der Waals surface area contributed by atoms with E-state index in [1.807, 2.05) is 19.1 Å². The number of carbonyl (C=O) groups excluding carboxylic acids is 5. The number of nitrogens with one attached hydrogen (secondary N) is 3. The van der Waals surface area contributed by atoms with Crippen molar-refractivity contribution in [2.24, 2.45) is 10.6 Å². The molecule has 15 nitrogen and oxygen atoms in total. The molecule has 272 valence electrons. The van der Waals surface area contributed by atoms with Crippen LogP contribution in [0.25, 0.3) is 0 Å². The summed E-state index contributed by atoms with van der Waals surface area (Å²) in [7, 11) is 0. The molecule has 4 amide bonds. The average Bonchev–Trinajstić information content (AvgIpc) is 3.43. The van der Waals surface area contributed by atoms with Gasteiger partial charge >= 0.3 is 6.09 Å². The van der Waals surface area contributed by atoms with Gasteiger partial charge in [-0.3, -0.25) is 19.2 Å². The molecule has 0 unspecified atom stereocenters. The van der Waals surface area contributed by atoms with Crippen LogP contribution in [0.4, 0.5) is 4.79 Å². The predicted octanol–water partition coefficient (Wildman–Crippen LogP) is 1.98. The first-order chi connectivity index (χ1) is 23.9. The van der Waals surface area contributed by atoms with Crippen molar-refractivity contribution in [2.45, 2.75) is 109 Å². The minimum Gasteiger partial charge on any atom is -0.486 e. The first-order valence-corrected chi connectivity index (χ1v) is 17.5. The Bertz CT molecular complexity index is 1530. The van der Waals surface area contributed by atoms with Crippen LogP contribution in [-0.4, -0.2) is 109 Å². The van der Waals surface area contributed by atoms with Gasteiger partial charge in [-0.25, -0.2) is 4.79 Å². The minimum atomic E-state index is -1.10. The smallest absolute Gasteiger partial charge is 0.408 e. The van der Waals surface area contributed by atoms with E-state index in [1.165, 1.54) is 4.90 Å². The molecular formula is C35H47N5O10. The number of rotatable bonds is 11.